The topological polar surface area (TPSA) is 12.0 Å². The summed E-state index contributed by atoms with van der Waals surface area (Å²) in [7, 11) is 1.93. The lowest BCUT2D eigenvalue weighted by Gasteiger charge is -2.19. The van der Waals surface area contributed by atoms with Crippen molar-refractivity contribution in [1.82, 2.24) is 5.32 Å². The molecule has 0 fully saturated rings. The molecule has 0 bridgehead atoms. The molecule has 0 amide bonds. The van der Waals surface area contributed by atoms with Gasteiger partial charge in [-0.3, -0.25) is 0 Å². The van der Waals surface area contributed by atoms with Gasteiger partial charge in [0.25, 0.3) is 0 Å². The molecule has 0 heterocycles. The molecule has 1 N–H and O–H groups in total. The third kappa shape index (κ3) is 5.05. The van der Waals surface area contributed by atoms with Crippen LogP contribution in [-0.4, -0.2) is 13.6 Å². The maximum atomic E-state index is 13.6. The summed E-state index contributed by atoms with van der Waals surface area (Å²) in [5.74, 6) is 0.919. The van der Waals surface area contributed by atoms with Crippen LogP contribution in [0.5, 0.6) is 0 Å². The smallest absolute Gasteiger partial charge is 0.126 e. The van der Waals surface area contributed by atoms with Gasteiger partial charge in [-0.1, -0.05) is 25.4 Å². The fourth-order valence-corrected chi connectivity index (χ4v) is 2.40. The molecule has 0 spiro atoms. The second-order valence-electron chi connectivity index (χ2n) is 4.99. The number of rotatable bonds is 6. The molecular weight excluding hydrogens is 237 g/mol. The van der Waals surface area contributed by atoms with E-state index in [1.807, 2.05) is 7.05 Å². The van der Waals surface area contributed by atoms with Crippen LogP contribution >= 0.6 is 11.6 Å². The summed E-state index contributed by atoms with van der Waals surface area (Å²) in [6.07, 6.45) is 1.83. The van der Waals surface area contributed by atoms with Crippen LogP contribution in [-0.2, 0) is 6.42 Å². The van der Waals surface area contributed by atoms with Gasteiger partial charge in [0.2, 0.25) is 0 Å². The molecule has 0 saturated heterocycles. The maximum Gasteiger partial charge on any atom is 0.126 e. The number of halogens is 2. The average molecular weight is 258 g/mol. The van der Waals surface area contributed by atoms with Gasteiger partial charge >= 0.3 is 0 Å². The Morgan fingerprint density at radius 3 is 2.65 bits per heavy atom. The molecule has 1 aromatic rings. The molecule has 0 aliphatic carbocycles. The van der Waals surface area contributed by atoms with Crippen molar-refractivity contribution < 1.29 is 4.39 Å². The summed E-state index contributed by atoms with van der Waals surface area (Å²) in [6.45, 7) is 5.29. The third-order valence-electron chi connectivity index (χ3n) is 2.81. The zero-order valence-electron chi connectivity index (χ0n) is 10.8. The van der Waals surface area contributed by atoms with E-state index in [-0.39, 0.29) is 5.82 Å². The first kappa shape index (κ1) is 14.5. The van der Waals surface area contributed by atoms with E-state index in [4.69, 9.17) is 11.6 Å². The maximum absolute atomic E-state index is 13.6. The van der Waals surface area contributed by atoms with Crippen molar-refractivity contribution in [3.05, 3.63) is 34.6 Å². The zero-order chi connectivity index (χ0) is 12.8. The fraction of sp³-hybridized carbons (Fsp3) is 0.571. The number of nitrogens with one attached hydrogen (secondary N) is 1. The molecule has 1 rings (SSSR count). The predicted octanol–water partition coefficient (Wildman–Crippen LogP) is 3.90. The Bertz CT molecular complexity index is 352. The number of hydrogen-bond donors (Lipinski definition) is 1. The van der Waals surface area contributed by atoms with Crippen molar-refractivity contribution in [2.45, 2.75) is 26.7 Å². The van der Waals surface area contributed by atoms with E-state index in [1.54, 1.807) is 12.1 Å². The van der Waals surface area contributed by atoms with E-state index in [9.17, 15) is 4.39 Å². The molecule has 0 aromatic heterocycles. The van der Waals surface area contributed by atoms with Gasteiger partial charge in [0, 0.05) is 5.02 Å². The normalized spacial score (nSPS) is 13.1. The van der Waals surface area contributed by atoms with Crippen molar-refractivity contribution in [3.8, 4) is 0 Å². The highest BCUT2D eigenvalue weighted by atomic mass is 35.5. The molecule has 3 heteroatoms. The Morgan fingerprint density at radius 1 is 1.35 bits per heavy atom. The van der Waals surface area contributed by atoms with Crippen molar-refractivity contribution in [2.75, 3.05) is 13.6 Å². The van der Waals surface area contributed by atoms with Gasteiger partial charge in [-0.25, -0.2) is 4.39 Å². The average Bonchev–Trinajstić information content (AvgIpc) is 2.23. The highest BCUT2D eigenvalue weighted by Crippen LogP contribution is 2.21. The summed E-state index contributed by atoms with van der Waals surface area (Å²) >= 11 is 5.90. The molecule has 1 aromatic carbocycles. The van der Waals surface area contributed by atoms with Crippen LogP contribution in [0, 0.1) is 17.7 Å². The summed E-state index contributed by atoms with van der Waals surface area (Å²) in [5, 5.41) is 3.78. The minimum absolute atomic E-state index is 0.153. The summed E-state index contributed by atoms with van der Waals surface area (Å²) in [4.78, 5) is 0. The molecule has 0 saturated carbocycles. The van der Waals surface area contributed by atoms with Crippen LogP contribution in [0.2, 0.25) is 5.02 Å². The quantitative estimate of drug-likeness (QED) is 0.815. The molecule has 96 valence electrons. The van der Waals surface area contributed by atoms with Crippen LogP contribution in [0.25, 0.3) is 0 Å². The Balaban J connectivity index is 2.74. The van der Waals surface area contributed by atoms with Crippen molar-refractivity contribution in [3.63, 3.8) is 0 Å². The molecule has 0 aliphatic heterocycles. The van der Waals surface area contributed by atoms with Gasteiger partial charge in [-0.05, 0) is 62.0 Å². The zero-order valence-corrected chi connectivity index (χ0v) is 11.5. The van der Waals surface area contributed by atoms with Gasteiger partial charge < -0.3 is 5.32 Å². The van der Waals surface area contributed by atoms with Crippen molar-refractivity contribution >= 4 is 11.6 Å². The molecular formula is C14H21ClFN. The van der Waals surface area contributed by atoms with E-state index in [0.717, 1.165) is 24.9 Å². The Kier molecular flexibility index (Phi) is 5.93. The molecule has 1 unspecified atom stereocenters. The third-order valence-corrected chi connectivity index (χ3v) is 3.05. The lowest BCUT2D eigenvalue weighted by atomic mass is 9.90. The molecule has 1 nitrogen and oxygen atoms in total. The van der Waals surface area contributed by atoms with E-state index < -0.39 is 0 Å². The summed E-state index contributed by atoms with van der Waals surface area (Å²) < 4.78 is 13.6. The van der Waals surface area contributed by atoms with Crippen molar-refractivity contribution in [2.24, 2.45) is 11.8 Å². The highest BCUT2D eigenvalue weighted by molar-refractivity contribution is 6.30. The van der Waals surface area contributed by atoms with Gasteiger partial charge in [0.15, 0.2) is 0 Å². The van der Waals surface area contributed by atoms with Crippen LogP contribution in [0.1, 0.15) is 25.8 Å². The second kappa shape index (κ2) is 6.97. The fourth-order valence-electron chi connectivity index (χ4n) is 2.20. The lowest BCUT2D eigenvalue weighted by Crippen LogP contribution is -2.22. The van der Waals surface area contributed by atoms with Gasteiger partial charge in [-0.2, -0.15) is 0 Å². The number of hydrogen-bond acceptors (Lipinski definition) is 1. The van der Waals surface area contributed by atoms with Gasteiger partial charge in [0.1, 0.15) is 5.82 Å². The van der Waals surface area contributed by atoms with E-state index >= 15 is 0 Å². The predicted molar refractivity (Wildman–Crippen MR) is 72.0 cm³/mol. The summed E-state index contributed by atoms with van der Waals surface area (Å²) in [6, 6.07) is 4.78. The molecule has 17 heavy (non-hydrogen) atoms. The minimum Gasteiger partial charge on any atom is -0.319 e. The van der Waals surface area contributed by atoms with Crippen LogP contribution in [0.4, 0.5) is 4.39 Å². The molecule has 0 aliphatic rings. The second-order valence-corrected chi connectivity index (χ2v) is 5.43. The Labute approximate surface area is 108 Å². The first-order chi connectivity index (χ1) is 8.02. The van der Waals surface area contributed by atoms with Crippen LogP contribution in [0.3, 0.4) is 0 Å². The van der Waals surface area contributed by atoms with Crippen molar-refractivity contribution in [1.29, 1.82) is 0 Å². The van der Waals surface area contributed by atoms with Gasteiger partial charge in [-0.15, -0.1) is 0 Å². The van der Waals surface area contributed by atoms with E-state index in [1.165, 1.54) is 6.07 Å². The lowest BCUT2D eigenvalue weighted by molar-refractivity contribution is 0.390. The van der Waals surface area contributed by atoms with Crippen LogP contribution < -0.4 is 5.32 Å². The van der Waals surface area contributed by atoms with E-state index in [0.29, 0.717) is 16.9 Å². The van der Waals surface area contributed by atoms with Crippen LogP contribution in [0.15, 0.2) is 18.2 Å². The van der Waals surface area contributed by atoms with E-state index in [2.05, 4.69) is 19.2 Å². The largest absolute Gasteiger partial charge is 0.319 e. The number of benzene rings is 1. The Hall–Kier alpha value is -0.600. The standard InChI is InChI=1S/C14H21ClFN/c1-10(2)6-11(9-17-3)7-12-8-13(15)4-5-14(12)16/h4-5,8,10-11,17H,6-7,9H2,1-3H3. The monoisotopic (exact) mass is 257 g/mol. The summed E-state index contributed by atoms with van der Waals surface area (Å²) in [5.41, 5.74) is 0.721. The minimum atomic E-state index is -0.153. The first-order valence-electron chi connectivity index (χ1n) is 6.11. The molecule has 1 atom stereocenters. The molecule has 0 radical (unpaired) electrons. The highest BCUT2D eigenvalue weighted by Gasteiger charge is 2.13. The van der Waals surface area contributed by atoms with Gasteiger partial charge in [0.05, 0.1) is 0 Å². The first-order valence-corrected chi connectivity index (χ1v) is 6.49. The Morgan fingerprint density at radius 2 is 2.06 bits per heavy atom. The SMILES string of the molecule is CNCC(Cc1cc(Cl)ccc1F)CC(C)C.